The number of nitrogens with zero attached hydrogens (tertiary/aromatic N) is 4. The number of hydrogen-bond donors (Lipinski definition) is 0. The van der Waals surface area contributed by atoms with Crippen LogP contribution in [0.2, 0.25) is 0 Å². The molecule has 1 saturated heterocycles. The third kappa shape index (κ3) is 5.23. The number of carbonyl (C=O) groups is 1. The molecule has 0 N–H and O–H groups in total. The number of rotatable bonds is 8. The summed E-state index contributed by atoms with van der Waals surface area (Å²) in [7, 11) is -3.66. The molecule has 0 spiro atoms. The van der Waals surface area contributed by atoms with Gasteiger partial charge >= 0.3 is 0 Å². The van der Waals surface area contributed by atoms with Crippen molar-refractivity contribution in [2.75, 3.05) is 19.6 Å². The van der Waals surface area contributed by atoms with Crippen molar-refractivity contribution >= 4 is 27.3 Å². The van der Waals surface area contributed by atoms with E-state index in [4.69, 9.17) is 4.52 Å². The van der Waals surface area contributed by atoms with Crippen LogP contribution in [0.15, 0.2) is 63.9 Å². The molecular weight excluding hydrogens is 460 g/mol. The Hall–Kier alpha value is -2.82. The van der Waals surface area contributed by atoms with E-state index in [1.54, 1.807) is 35.2 Å². The fourth-order valence-electron chi connectivity index (χ4n) is 3.86. The summed E-state index contributed by atoms with van der Waals surface area (Å²) < 4.78 is 33.0. The van der Waals surface area contributed by atoms with E-state index in [0.29, 0.717) is 37.6 Å². The van der Waals surface area contributed by atoms with E-state index in [-0.39, 0.29) is 23.9 Å². The summed E-state index contributed by atoms with van der Waals surface area (Å²) in [5, 5.41) is 5.93. The summed E-state index contributed by atoms with van der Waals surface area (Å²) in [6.07, 6.45) is 2.88. The first-order chi connectivity index (χ1) is 15.9. The van der Waals surface area contributed by atoms with Gasteiger partial charge in [-0.1, -0.05) is 35.0 Å². The van der Waals surface area contributed by atoms with Crippen LogP contribution in [0.4, 0.5) is 0 Å². The van der Waals surface area contributed by atoms with Crippen LogP contribution in [-0.4, -0.2) is 53.3 Å². The van der Waals surface area contributed by atoms with E-state index in [9.17, 15) is 13.2 Å². The van der Waals surface area contributed by atoms with Gasteiger partial charge in [0.2, 0.25) is 27.6 Å². The minimum Gasteiger partial charge on any atom is -0.337 e. The van der Waals surface area contributed by atoms with Gasteiger partial charge in [0.1, 0.15) is 6.54 Å². The van der Waals surface area contributed by atoms with E-state index in [0.717, 1.165) is 10.4 Å². The van der Waals surface area contributed by atoms with Crippen LogP contribution in [0.1, 0.15) is 24.3 Å². The number of thiophene rings is 1. The van der Waals surface area contributed by atoms with Crippen molar-refractivity contribution in [1.29, 1.82) is 0 Å². The normalized spacial score (nSPS) is 17.1. The largest absolute Gasteiger partial charge is 0.337 e. The Balaban J connectivity index is 1.47. The van der Waals surface area contributed by atoms with Crippen LogP contribution in [0.25, 0.3) is 10.7 Å². The predicted molar refractivity (Wildman–Crippen MR) is 126 cm³/mol. The standard InChI is InChI=1S/C23H26N4O4S2/c1-3-12-26(16-21-24-22(25-31-21)20-7-5-14-32-20)23(28)18-6-4-13-27(15-18)33(29,30)19-10-8-17(2)9-11-19/h3,5,7-11,14,18H,1,4,6,12-13,15-16H2,2H3/t18-/m0/s1. The Kier molecular flexibility index (Phi) is 7.06. The second-order valence-corrected chi connectivity index (χ2v) is 10.9. The van der Waals surface area contributed by atoms with Crippen molar-refractivity contribution < 1.29 is 17.7 Å². The third-order valence-electron chi connectivity index (χ3n) is 5.59. The van der Waals surface area contributed by atoms with Crippen LogP contribution in [0.5, 0.6) is 0 Å². The number of aryl methyl sites for hydroxylation is 1. The second-order valence-electron chi connectivity index (χ2n) is 8.01. The highest BCUT2D eigenvalue weighted by molar-refractivity contribution is 7.89. The maximum atomic E-state index is 13.4. The SMILES string of the molecule is C=CCN(Cc1nc(-c2cccs2)no1)C(=O)[C@H]1CCCN(S(=O)(=O)c2ccc(C)cc2)C1. The molecule has 0 radical (unpaired) electrons. The first kappa shape index (κ1) is 23.3. The van der Waals surface area contributed by atoms with Crippen molar-refractivity contribution in [3.05, 3.63) is 65.9 Å². The highest BCUT2D eigenvalue weighted by Gasteiger charge is 2.35. The molecule has 1 atom stereocenters. The molecule has 0 saturated carbocycles. The molecule has 3 heterocycles. The summed E-state index contributed by atoms with van der Waals surface area (Å²) >= 11 is 1.50. The van der Waals surface area contributed by atoms with E-state index < -0.39 is 15.9 Å². The lowest BCUT2D eigenvalue weighted by Crippen LogP contribution is -2.46. The summed E-state index contributed by atoms with van der Waals surface area (Å²) in [6.45, 7) is 6.65. The number of carbonyl (C=O) groups excluding carboxylic acids is 1. The Morgan fingerprint density at radius 2 is 2.12 bits per heavy atom. The zero-order chi connectivity index (χ0) is 23.4. The Morgan fingerprint density at radius 3 is 2.82 bits per heavy atom. The zero-order valence-corrected chi connectivity index (χ0v) is 20.0. The van der Waals surface area contributed by atoms with Crippen LogP contribution in [-0.2, 0) is 21.4 Å². The van der Waals surface area contributed by atoms with Crippen LogP contribution < -0.4 is 0 Å². The summed E-state index contributed by atoms with van der Waals surface area (Å²) in [6, 6.07) is 10.6. The highest BCUT2D eigenvalue weighted by atomic mass is 32.2. The lowest BCUT2D eigenvalue weighted by molar-refractivity contribution is -0.137. The van der Waals surface area contributed by atoms with Gasteiger partial charge in [0, 0.05) is 19.6 Å². The van der Waals surface area contributed by atoms with Gasteiger partial charge in [0.15, 0.2) is 0 Å². The molecule has 0 bridgehead atoms. The molecule has 4 rings (SSSR count). The van der Waals surface area contributed by atoms with E-state index >= 15 is 0 Å². The maximum Gasteiger partial charge on any atom is 0.246 e. The van der Waals surface area contributed by atoms with Crippen LogP contribution >= 0.6 is 11.3 Å². The van der Waals surface area contributed by atoms with Crippen LogP contribution in [0, 0.1) is 12.8 Å². The van der Waals surface area contributed by atoms with Gasteiger partial charge in [-0.05, 0) is 43.3 Å². The van der Waals surface area contributed by atoms with Gasteiger partial charge in [0.25, 0.3) is 0 Å². The summed E-state index contributed by atoms with van der Waals surface area (Å²) in [5.74, 6) is 0.223. The minimum atomic E-state index is -3.66. The number of sulfonamides is 1. The highest BCUT2D eigenvalue weighted by Crippen LogP contribution is 2.26. The Morgan fingerprint density at radius 1 is 1.33 bits per heavy atom. The molecule has 1 aliphatic heterocycles. The molecule has 0 aliphatic carbocycles. The van der Waals surface area contributed by atoms with Crippen molar-refractivity contribution in [1.82, 2.24) is 19.3 Å². The summed E-state index contributed by atoms with van der Waals surface area (Å²) in [5.41, 5.74) is 0.990. The number of amides is 1. The number of benzene rings is 1. The monoisotopic (exact) mass is 486 g/mol. The third-order valence-corrected chi connectivity index (χ3v) is 8.33. The quantitative estimate of drug-likeness (QED) is 0.450. The topological polar surface area (TPSA) is 96.6 Å². The van der Waals surface area contributed by atoms with Gasteiger partial charge in [0.05, 0.1) is 15.7 Å². The van der Waals surface area contributed by atoms with E-state index in [1.807, 2.05) is 24.4 Å². The summed E-state index contributed by atoms with van der Waals surface area (Å²) in [4.78, 5) is 20.5. The van der Waals surface area contributed by atoms with Crippen LogP contribution in [0.3, 0.4) is 0 Å². The first-order valence-corrected chi connectivity index (χ1v) is 13.0. The molecule has 1 amide bonds. The molecule has 2 aromatic heterocycles. The molecule has 1 aromatic carbocycles. The molecule has 3 aromatic rings. The Bertz CT molecular complexity index is 1200. The number of hydrogen-bond acceptors (Lipinski definition) is 7. The van der Waals surface area contributed by atoms with Crippen molar-refractivity contribution in [3.8, 4) is 10.7 Å². The van der Waals surface area contributed by atoms with E-state index in [1.165, 1.54) is 15.6 Å². The average Bonchev–Trinajstić information content (AvgIpc) is 3.51. The lowest BCUT2D eigenvalue weighted by Gasteiger charge is -2.33. The van der Waals surface area contributed by atoms with Crippen molar-refractivity contribution in [2.45, 2.75) is 31.2 Å². The molecule has 8 nitrogen and oxygen atoms in total. The van der Waals surface area contributed by atoms with Gasteiger partial charge in [-0.25, -0.2) is 8.42 Å². The van der Waals surface area contributed by atoms with Gasteiger partial charge in [-0.3, -0.25) is 4.79 Å². The minimum absolute atomic E-state index is 0.143. The van der Waals surface area contributed by atoms with Crippen molar-refractivity contribution in [3.63, 3.8) is 0 Å². The predicted octanol–water partition coefficient (Wildman–Crippen LogP) is 3.72. The second kappa shape index (κ2) is 9.98. The first-order valence-electron chi connectivity index (χ1n) is 10.7. The molecule has 1 aliphatic rings. The molecule has 174 valence electrons. The number of aromatic nitrogens is 2. The van der Waals surface area contributed by atoms with Gasteiger partial charge < -0.3 is 9.42 Å². The number of piperidine rings is 1. The molecule has 0 unspecified atom stereocenters. The zero-order valence-electron chi connectivity index (χ0n) is 18.4. The molecule has 33 heavy (non-hydrogen) atoms. The fraction of sp³-hybridized carbons (Fsp3) is 0.348. The lowest BCUT2D eigenvalue weighted by atomic mass is 9.98. The fourth-order valence-corrected chi connectivity index (χ4v) is 6.03. The molecule has 10 heteroatoms. The average molecular weight is 487 g/mol. The van der Waals surface area contributed by atoms with Crippen molar-refractivity contribution in [2.24, 2.45) is 5.92 Å². The van der Waals surface area contributed by atoms with Gasteiger partial charge in [-0.15, -0.1) is 17.9 Å². The molecular formula is C23H26N4O4S2. The smallest absolute Gasteiger partial charge is 0.246 e. The van der Waals surface area contributed by atoms with E-state index in [2.05, 4.69) is 16.7 Å². The molecule has 1 fully saturated rings. The Labute approximate surface area is 197 Å². The maximum absolute atomic E-state index is 13.4. The van der Waals surface area contributed by atoms with Gasteiger partial charge in [-0.2, -0.15) is 9.29 Å².